The highest BCUT2D eigenvalue weighted by molar-refractivity contribution is 7.92. The third-order valence-corrected chi connectivity index (χ3v) is 8.94. The van der Waals surface area contributed by atoms with Crippen molar-refractivity contribution in [2.24, 2.45) is 0 Å². The van der Waals surface area contributed by atoms with E-state index in [1.165, 1.54) is 12.1 Å². The molecule has 9 nitrogen and oxygen atoms in total. The SMILES string of the molecule is CC(C)c1ccccc1-c1cc(Oc2cc(Cl)c(N3CCN(C)CC3)cc2Cl)nc(NS(=O)(=O)c2cccc(N)c2)n1. The van der Waals surface area contributed by atoms with Crippen molar-refractivity contribution < 1.29 is 13.2 Å². The average molecular weight is 628 g/mol. The van der Waals surface area contributed by atoms with E-state index in [2.05, 4.69) is 45.4 Å². The van der Waals surface area contributed by atoms with Gasteiger partial charge >= 0.3 is 0 Å². The van der Waals surface area contributed by atoms with Crippen LogP contribution >= 0.6 is 23.2 Å². The van der Waals surface area contributed by atoms with Crippen LogP contribution in [-0.2, 0) is 10.0 Å². The number of rotatable bonds is 8. The van der Waals surface area contributed by atoms with E-state index in [0.29, 0.717) is 21.4 Å². The van der Waals surface area contributed by atoms with Crippen molar-refractivity contribution in [1.29, 1.82) is 0 Å². The molecule has 0 unspecified atom stereocenters. The first-order valence-electron chi connectivity index (χ1n) is 13.5. The Balaban J connectivity index is 1.54. The highest BCUT2D eigenvalue weighted by Gasteiger charge is 2.22. The van der Waals surface area contributed by atoms with E-state index in [1.54, 1.807) is 30.3 Å². The van der Waals surface area contributed by atoms with E-state index >= 15 is 0 Å². The standard InChI is InChI=1S/C30H32Cl2N6O3S/c1-19(2)22-9-4-5-10-23(22)26-18-29(35-30(34-26)36-42(39,40)21-8-6-7-20(33)15-21)41-28-17-24(31)27(16-25(28)32)38-13-11-37(3)12-14-38/h4-10,15-19H,11-14,33H2,1-3H3,(H,34,35,36). The van der Waals surface area contributed by atoms with Gasteiger partial charge in [0.05, 0.1) is 26.3 Å². The van der Waals surface area contributed by atoms with Gasteiger partial charge in [0.25, 0.3) is 10.0 Å². The van der Waals surface area contributed by atoms with Gasteiger partial charge in [0, 0.05) is 49.6 Å². The van der Waals surface area contributed by atoms with Gasteiger partial charge in [-0.15, -0.1) is 0 Å². The average Bonchev–Trinajstić information content (AvgIpc) is 2.95. The van der Waals surface area contributed by atoms with Gasteiger partial charge in [-0.05, 0) is 42.8 Å². The zero-order valence-electron chi connectivity index (χ0n) is 23.5. The van der Waals surface area contributed by atoms with E-state index in [-0.39, 0.29) is 28.4 Å². The number of hydrogen-bond donors (Lipinski definition) is 2. The van der Waals surface area contributed by atoms with Crippen LogP contribution in [0.1, 0.15) is 25.3 Å². The maximum Gasteiger partial charge on any atom is 0.264 e. The van der Waals surface area contributed by atoms with Crippen LogP contribution in [0.25, 0.3) is 11.3 Å². The van der Waals surface area contributed by atoms with E-state index < -0.39 is 10.0 Å². The third kappa shape index (κ3) is 6.73. The first-order chi connectivity index (χ1) is 20.0. The molecule has 0 saturated carbocycles. The topological polar surface area (TPSA) is 114 Å². The van der Waals surface area contributed by atoms with Crippen LogP contribution < -0.4 is 20.1 Å². The molecule has 220 valence electrons. The van der Waals surface area contributed by atoms with E-state index in [4.69, 9.17) is 33.7 Å². The highest BCUT2D eigenvalue weighted by atomic mass is 35.5. The molecule has 0 bridgehead atoms. The predicted molar refractivity (Wildman–Crippen MR) is 169 cm³/mol. The van der Waals surface area contributed by atoms with E-state index in [0.717, 1.165) is 43.0 Å². The molecule has 0 radical (unpaired) electrons. The maximum atomic E-state index is 13.2. The van der Waals surface area contributed by atoms with Gasteiger partial charge in [0.2, 0.25) is 11.8 Å². The quantitative estimate of drug-likeness (QED) is 0.213. The highest BCUT2D eigenvalue weighted by Crippen LogP contribution is 2.39. The molecule has 5 rings (SSSR count). The van der Waals surface area contributed by atoms with Crippen LogP contribution in [0.3, 0.4) is 0 Å². The number of sulfonamides is 1. The summed E-state index contributed by atoms with van der Waals surface area (Å²) in [5.74, 6) is 0.392. The summed E-state index contributed by atoms with van der Waals surface area (Å²) in [5.41, 5.74) is 9.29. The van der Waals surface area contributed by atoms with Crippen molar-refractivity contribution in [3.05, 3.63) is 82.3 Å². The Morgan fingerprint density at radius 3 is 2.38 bits per heavy atom. The Morgan fingerprint density at radius 1 is 0.929 bits per heavy atom. The van der Waals surface area contributed by atoms with E-state index in [1.807, 2.05) is 24.3 Å². The number of anilines is 3. The molecule has 12 heteroatoms. The minimum absolute atomic E-state index is 0.0177. The molecule has 0 amide bonds. The van der Waals surface area contributed by atoms with Crippen LogP contribution in [0.5, 0.6) is 11.6 Å². The van der Waals surface area contributed by atoms with Crippen molar-refractivity contribution in [3.63, 3.8) is 0 Å². The number of benzene rings is 3. The molecule has 4 aromatic rings. The Bertz CT molecular complexity index is 1710. The number of aromatic nitrogens is 2. The zero-order valence-corrected chi connectivity index (χ0v) is 25.8. The number of nitrogens with zero attached hydrogens (tertiary/aromatic N) is 4. The summed E-state index contributed by atoms with van der Waals surface area (Å²) in [6, 6.07) is 18.8. The molecule has 0 aliphatic carbocycles. The molecule has 2 heterocycles. The maximum absolute atomic E-state index is 13.2. The summed E-state index contributed by atoms with van der Waals surface area (Å²) in [4.78, 5) is 13.4. The molecule has 42 heavy (non-hydrogen) atoms. The number of nitrogens with two attached hydrogens (primary N) is 1. The first-order valence-corrected chi connectivity index (χ1v) is 15.7. The summed E-state index contributed by atoms with van der Waals surface area (Å²) in [5, 5.41) is 0.832. The fourth-order valence-electron chi connectivity index (χ4n) is 4.75. The predicted octanol–water partition coefficient (Wildman–Crippen LogP) is 6.50. The van der Waals surface area contributed by atoms with Crippen molar-refractivity contribution in [2.45, 2.75) is 24.7 Å². The van der Waals surface area contributed by atoms with Gasteiger partial charge in [0.15, 0.2) is 0 Å². The Labute approximate surface area is 256 Å². The van der Waals surface area contributed by atoms with Gasteiger partial charge in [-0.3, -0.25) is 0 Å². The van der Waals surface area contributed by atoms with Crippen molar-refractivity contribution in [1.82, 2.24) is 14.9 Å². The largest absolute Gasteiger partial charge is 0.437 e. The second-order valence-corrected chi connectivity index (χ2v) is 13.0. The minimum atomic E-state index is -4.05. The lowest BCUT2D eigenvalue weighted by Gasteiger charge is -2.34. The van der Waals surface area contributed by atoms with Crippen molar-refractivity contribution >= 4 is 50.5 Å². The lowest BCUT2D eigenvalue weighted by atomic mass is 9.95. The number of nitrogens with one attached hydrogen (secondary N) is 1. The first kappa shape index (κ1) is 29.9. The van der Waals surface area contributed by atoms with Gasteiger partial charge in [-0.25, -0.2) is 18.1 Å². The molecular weight excluding hydrogens is 595 g/mol. The number of nitrogen functional groups attached to an aromatic ring is 1. The van der Waals surface area contributed by atoms with Crippen molar-refractivity contribution in [2.75, 3.05) is 48.6 Å². The van der Waals surface area contributed by atoms with E-state index in [9.17, 15) is 8.42 Å². The monoisotopic (exact) mass is 626 g/mol. The van der Waals surface area contributed by atoms with Crippen LogP contribution in [0.4, 0.5) is 17.3 Å². The Morgan fingerprint density at radius 2 is 1.67 bits per heavy atom. The van der Waals surface area contributed by atoms with Crippen molar-refractivity contribution in [3.8, 4) is 22.9 Å². The molecular formula is C30H32Cl2N6O3S. The summed E-state index contributed by atoms with van der Waals surface area (Å²) >= 11 is 13.4. The van der Waals surface area contributed by atoms with Gasteiger partial charge < -0.3 is 20.3 Å². The molecule has 1 saturated heterocycles. The molecule has 3 N–H and O–H groups in total. The third-order valence-electron chi connectivity index (χ3n) is 7.02. The molecule has 0 spiro atoms. The van der Waals surface area contributed by atoms with Crippen LogP contribution in [0.2, 0.25) is 10.0 Å². The van der Waals surface area contributed by atoms with Crippen LogP contribution in [0.15, 0.2) is 71.6 Å². The number of halogens is 2. The Kier molecular flexibility index (Phi) is 8.79. The lowest BCUT2D eigenvalue weighted by molar-refractivity contribution is 0.313. The fourth-order valence-corrected chi connectivity index (χ4v) is 6.22. The summed E-state index contributed by atoms with van der Waals surface area (Å²) in [6.45, 7) is 7.64. The van der Waals surface area contributed by atoms with Gasteiger partial charge in [0.1, 0.15) is 5.75 Å². The molecule has 3 aromatic carbocycles. The summed E-state index contributed by atoms with van der Waals surface area (Å²) in [6.07, 6.45) is 0. The summed E-state index contributed by atoms with van der Waals surface area (Å²) in [7, 11) is -1.97. The lowest BCUT2D eigenvalue weighted by Crippen LogP contribution is -2.44. The minimum Gasteiger partial charge on any atom is -0.437 e. The smallest absolute Gasteiger partial charge is 0.264 e. The second-order valence-electron chi connectivity index (χ2n) is 10.5. The van der Waals surface area contributed by atoms with Gasteiger partial charge in [-0.1, -0.05) is 67.4 Å². The van der Waals surface area contributed by atoms with Crippen LogP contribution in [0, 0.1) is 0 Å². The molecule has 1 fully saturated rings. The normalized spacial score (nSPS) is 14.3. The summed E-state index contributed by atoms with van der Waals surface area (Å²) < 4.78 is 35.1. The van der Waals surface area contributed by atoms with Crippen LogP contribution in [-0.4, -0.2) is 56.5 Å². The second kappa shape index (κ2) is 12.3. The number of hydrogen-bond acceptors (Lipinski definition) is 8. The molecule has 0 atom stereocenters. The fraction of sp³-hybridized carbons (Fsp3) is 0.267. The zero-order chi connectivity index (χ0) is 30.0. The van der Waals surface area contributed by atoms with Gasteiger partial charge in [-0.2, -0.15) is 4.98 Å². The molecule has 1 aliphatic rings. The molecule has 1 aromatic heterocycles. The number of ether oxygens (including phenoxy) is 1. The Hall–Kier alpha value is -3.57. The number of likely N-dealkylation sites (N-methyl/N-ethyl adjacent to an activating group) is 1. The molecule has 1 aliphatic heterocycles. The number of piperazine rings is 1.